The molecule has 12 heteroatoms. The van der Waals surface area contributed by atoms with Crippen LogP contribution in [0.25, 0.3) is 0 Å². The monoisotopic (exact) mass is 625 g/mol. The highest BCUT2D eigenvalue weighted by atomic mass is 19.3. The Morgan fingerprint density at radius 2 is 1.78 bits per heavy atom. The van der Waals surface area contributed by atoms with Gasteiger partial charge in [0.25, 0.3) is 5.92 Å². The summed E-state index contributed by atoms with van der Waals surface area (Å²) in [5, 5.41) is 6.77. The third-order valence-corrected chi connectivity index (χ3v) is 11.2. The fourth-order valence-corrected chi connectivity index (χ4v) is 8.17. The summed E-state index contributed by atoms with van der Waals surface area (Å²) in [5.41, 5.74) is 7.44. The van der Waals surface area contributed by atoms with Gasteiger partial charge < -0.3 is 25.8 Å². The van der Waals surface area contributed by atoms with Crippen molar-refractivity contribution in [2.24, 2.45) is 11.7 Å². The molecule has 4 N–H and O–H groups in total. The Morgan fingerprint density at radius 1 is 1.04 bits per heavy atom. The minimum absolute atomic E-state index is 0.00632. The Labute approximate surface area is 262 Å². The molecule has 0 radical (unpaired) electrons. The van der Waals surface area contributed by atoms with Gasteiger partial charge in [-0.15, -0.1) is 0 Å². The number of ether oxygens (including phenoxy) is 2. The maximum Gasteiger partial charge on any atom is 0.350 e. The molecular weight excluding hydrogens is 580 g/mol. The van der Waals surface area contributed by atoms with Crippen molar-refractivity contribution in [3.05, 3.63) is 40.4 Å². The van der Waals surface area contributed by atoms with E-state index in [0.717, 1.165) is 95.5 Å². The SMILES string of the molecule is NC1CCC(n2cc3c(nc2=O)Nc2cc(C4CCN(CC5(N(CC6CC6(F)F)C6CCNCC6)CO5)CC4)ccc2O3)CC1. The van der Waals surface area contributed by atoms with Crippen LogP contribution in [-0.4, -0.2) is 89.0 Å². The lowest BCUT2D eigenvalue weighted by Gasteiger charge is -2.42. The van der Waals surface area contributed by atoms with Crippen molar-refractivity contribution >= 4 is 11.5 Å². The molecule has 0 spiro atoms. The number of piperidine rings is 2. The van der Waals surface area contributed by atoms with Gasteiger partial charge in [0.15, 0.2) is 23.0 Å². The summed E-state index contributed by atoms with van der Waals surface area (Å²) in [7, 11) is 0. The van der Waals surface area contributed by atoms with Gasteiger partial charge in [-0.2, -0.15) is 4.98 Å². The Kier molecular flexibility index (Phi) is 7.64. The second-order valence-electron chi connectivity index (χ2n) is 14.3. The van der Waals surface area contributed by atoms with E-state index in [9.17, 15) is 13.6 Å². The smallest absolute Gasteiger partial charge is 0.350 e. The number of epoxide rings is 1. The summed E-state index contributed by atoms with van der Waals surface area (Å²) in [6.07, 6.45) is 9.34. The van der Waals surface area contributed by atoms with Crippen LogP contribution in [0.4, 0.5) is 20.3 Å². The van der Waals surface area contributed by atoms with Gasteiger partial charge in [-0.3, -0.25) is 14.4 Å². The van der Waals surface area contributed by atoms with Gasteiger partial charge in [0.05, 0.1) is 18.5 Å². The number of anilines is 2. The van der Waals surface area contributed by atoms with E-state index in [2.05, 4.69) is 37.6 Å². The Morgan fingerprint density at radius 3 is 2.47 bits per heavy atom. The first-order valence-electron chi connectivity index (χ1n) is 17.0. The van der Waals surface area contributed by atoms with Crippen molar-refractivity contribution in [3.63, 3.8) is 0 Å². The standard InChI is InChI=1S/C33H45F2N7O3/c34-33(35)16-23(33)17-42(26-7-11-37-12-8-26)32(20-44-32)19-40-13-9-21(10-14-40)22-1-6-28-27(15-22)38-30-29(45-28)18-41(31(43)39-30)25-4-2-24(36)3-5-25/h1,6,15,18,21,23-26,37H,2-5,7-14,16-17,19-20,36H2,(H,38,39,43). The minimum Gasteiger partial charge on any atom is -0.450 e. The summed E-state index contributed by atoms with van der Waals surface area (Å²) in [5.74, 6) is -0.905. The van der Waals surface area contributed by atoms with Crippen LogP contribution in [0, 0.1) is 5.92 Å². The predicted octanol–water partition coefficient (Wildman–Crippen LogP) is 4.15. The Hall–Kier alpha value is -2.64. The van der Waals surface area contributed by atoms with Crippen molar-refractivity contribution in [3.8, 4) is 11.5 Å². The van der Waals surface area contributed by atoms with Crippen LogP contribution in [-0.2, 0) is 4.74 Å². The lowest BCUT2D eigenvalue weighted by Crippen LogP contribution is -2.56. The molecule has 2 saturated carbocycles. The molecule has 6 aliphatic rings. The third-order valence-electron chi connectivity index (χ3n) is 11.2. The predicted molar refractivity (Wildman–Crippen MR) is 167 cm³/mol. The van der Waals surface area contributed by atoms with Crippen LogP contribution in [0.2, 0.25) is 0 Å². The van der Waals surface area contributed by atoms with Gasteiger partial charge >= 0.3 is 5.69 Å². The van der Waals surface area contributed by atoms with Gasteiger partial charge in [0.2, 0.25) is 0 Å². The van der Waals surface area contributed by atoms with Gasteiger partial charge in [0.1, 0.15) is 0 Å². The molecule has 5 heterocycles. The fourth-order valence-electron chi connectivity index (χ4n) is 8.17. The number of hydrogen-bond acceptors (Lipinski definition) is 9. The van der Waals surface area contributed by atoms with Gasteiger partial charge in [-0.25, -0.2) is 13.6 Å². The van der Waals surface area contributed by atoms with Crippen LogP contribution >= 0.6 is 0 Å². The zero-order valence-electron chi connectivity index (χ0n) is 25.9. The molecule has 1 aromatic heterocycles. The summed E-state index contributed by atoms with van der Waals surface area (Å²) >= 11 is 0. The molecule has 0 amide bonds. The van der Waals surface area contributed by atoms with Crippen molar-refractivity contribution < 1.29 is 18.3 Å². The number of benzene rings is 1. The van der Waals surface area contributed by atoms with E-state index in [1.807, 2.05) is 6.07 Å². The molecule has 45 heavy (non-hydrogen) atoms. The maximum atomic E-state index is 14.0. The fraction of sp³-hybridized carbons (Fsp3) is 0.697. The number of aromatic nitrogens is 2. The highest BCUT2D eigenvalue weighted by Crippen LogP contribution is 2.51. The lowest BCUT2D eigenvalue weighted by molar-refractivity contribution is -0.0170. The summed E-state index contributed by atoms with van der Waals surface area (Å²) in [6, 6.07) is 6.90. The van der Waals surface area contributed by atoms with E-state index in [0.29, 0.717) is 36.7 Å². The lowest BCUT2D eigenvalue weighted by atomic mass is 9.88. The average molecular weight is 626 g/mol. The van der Waals surface area contributed by atoms with Crippen LogP contribution in [0.1, 0.15) is 75.3 Å². The van der Waals surface area contributed by atoms with Crippen molar-refractivity contribution in [2.45, 2.75) is 93.5 Å². The number of nitrogens with zero attached hydrogens (tertiary/aromatic N) is 4. The molecule has 2 atom stereocenters. The first-order valence-corrected chi connectivity index (χ1v) is 17.0. The molecule has 2 aliphatic carbocycles. The molecular formula is C33H45F2N7O3. The highest BCUT2D eigenvalue weighted by Gasteiger charge is 2.61. The zero-order chi connectivity index (χ0) is 30.8. The van der Waals surface area contributed by atoms with E-state index in [1.54, 1.807) is 10.8 Å². The molecule has 2 aromatic rings. The van der Waals surface area contributed by atoms with E-state index >= 15 is 0 Å². The molecule has 10 nitrogen and oxygen atoms in total. The van der Waals surface area contributed by atoms with Gasteiger partial charge in [0, 0.05) is 43.6 Å². The van der Waals surface area contributed by atoms with Crippen LogP contribution in [0.3, 0.4) is 0 Å². The first-order chi connectivity index (χ1) is 21.8. The molecule has 0 bridgehead atoms. The van der Waals surface area contributed by atoms with E-state index in [-0.39, 0.29) is 24.2 Å². The molecule has 244 valence electrons. The summed E-state index contributed by atoms with van der Waals surface area (Å²) in [4.78, 5) is 22.0. The van der Waals surface area contributed by atoms with Gasteiger partial charge in [-0.1, -0.05) is 6.07 Å². The second-order valence-corrected chi connectivity index (χ2v) is 14.3. The summed E-state index contributed by atoms with van der Waals surface area (Å²) in [6.45, 7) is 5.56. The molecule has 1 aromatic carbocycles. The quantitative estimate of drug-likeness (QED) is 0.318. The normalized spacial score (nSPS) is 31.5. The first kappa shape index (κ1) is 29.7. The van der Waals surface area contributed by atoms with E-state index < -0.39 is 17.6 Å². The number of halogens is 2. The number of likely N-dealkylation sites (tertiary alicyclic amines) is 1. The Bertz CT molecular complexity index is 1460. The number of hydrogen-bond donors (Lipinski definition) is 3. The number of rotatable bonds is 8. The maximum absolute atomic E-state index is 14.0. The number of nitrogens with one attached hydrogen (secondary N) is 2. The second kappa shape index (κ2) is 11.6. The van der Waals surface area contributed by atoms with Crippen molar-refractivity contribution in [1.29, 1.82) is 0 Å². The number of fused-ring (bicyclic) bond motifs is 2. The summed E-state index contributed by atoms with van der Waals surface area (Å²) < 4.78 is 42.0. The topological polar surface area (TPSA) is 113 Å². The Balaban J connectivity index is 0.904. The average Bonchev–Trinajstić information content (AvgIpc) is 3.95. The molecule has 2 unspecified atom stereocenters. The van der Waals surface area contributed by atoms with Gasteiger partial charge in [-0.05, 0) is 101 Å². The molecule has 4 aliphatic heterocycles. The van der Waals surface area contributed by atoms with Crippen LogP contribution in [0.5, 0.6) is 11.5 Å². The van der Waals surface area contributed by atoms with Crippen molar-refractivity contribution in [1.82, 2.24) is 24.7 Å². The largest absolute Gasteiger partial charge is 0.450 e. The molecule has 5 fully saturated rings. The number of nitrogens with two attached hydrogens (primary N) is 1. The number of alkyl halides is 2. The third kappa shape index (κ3) is 6.00. The van der Waals surface area contributed by atoms with Crippen molar-refractivity contribution in [2.75, 3.05) is 51.2 Å². The van der Waals surface area contributed by atoms with Crippen LogP contribution < -0.4 is 26.8 Å². The van der Waals surface area contributed by atoms with E-state index in [1.165, 1.54) is 5.56 Å². The molecule has 3 saturated heterocycles. The minimum atomic E-state index is -2.52. The van der Waals surface area contributed by atoms with Crippen LogP contribution in [0.15, 0.2) is 29.2 Å². The molecule has 8 rings (SSSR count). The zero-order valence-corrected chi connectivity index (χ0v) is 25.9. The highest BCUT2D eigenvalue weighted by molar-refractivity contribution is 5.73. The van der Waals surface area contributed by atoms with E-state index in [4.69, 9.17) is 15.2 Å².